The molecule has 5 nitrogen and oxygen atoms in total. The van der Waals surface area contributed by atoms with Crippen LogP contribution < -0.4 is 0 Å². The van der Waals surface area contributed by atoms with Gasteiger partial charge in [-0.25, -0.2) is 4.79 Å². The molecule has 0 aromatic carbocycles. The third-order valence-corrected chi connectivity index (χ3v) is 2.32. The summed E-state index contributed by atoms with van der Waals surface area (Å²) in [4.78, 5) is 10.7. The van der Waals surface area contributed by atoms with E-state index in [0.29, 0.717) is 6.42 Å². The largest absolute Gasteiger partial charge is 0.483 e. The van der Waals surface area contributed by atoms with Gasteiger partial charge < -0.3 is 20.1 Å². The van der Waals surface area contributed by atoms with Crippen LogP contribution in [0.4, 0.5) is 0 Å². The molecule has 1 aliphatic heterocycles. The van der Waals surface area contributed by atoms with E-state index in [0.717, 1.165) is 0 Å². The highest BCUT2D eigenvalue weighted by Gasteiger charge is 2.26. The van der Waals surface area contributed by atoms with Gasteiger partial charge in [-0.2, -0.15) is 0 Å². The van der Waals surface area contributed by atoms with Gasteiger partial charge in [0.15, 0.2) is 0 Å². The van der Waals surface area contributed by atoms with Crippen molar-refractivity contribution in [3.8, 4) is 0 Å². The van der Waals surface area contributed by atoms with Crippen LogP contribution >= 0.6 is 0 Å². The molecule has 0 aromatic heterocycles. The van der Waals surface area contributed by atoms with Crippen molar-refractivity contribution in [1.82, 2.24) is 0 Å². The first-order valence-corrected chi connectivity index (χ1v) is 4.93. The molecule has 0 fully saturated rings. The van der Waals surface area contributed by atoms with E-state index in [9.17, 15) is 9.90 Å². The Labute approximate surface area is 88.0 Å². The van der Waals surface area contributed by atoms with E-state index in [1.165, 1.54) is 0 Å². The number of allylic oxidation sites excluding steroid dienone is 1. The summed E-state index contributed by atoms with van der Waals surface area (Å²) < 4.78 is 5.18. The number of aliphatic carboxylic acids is 1. The molecule has 0 amide bonds. The molecule has 1 rings (SSSR count). The van der Waals surface area contributed by atoms with Gasteiger partial charge in [-0.3, -0.25) is 0 Å². The quantitative estimate of drug-likeness (QED) is 0.621. The lowest BCUT2D eigenvalue weighted by atomic mass is 9.96. The van der Waals surface area contributed by atoms with Gasteiger partial charge in [-0.05, 0) is 18.4 Å². The highest BCUT2D eigenvalue weighted by Crippen LogP contribution is 2.24. The molecular weight excluding hydrogens is 200 g/mol. The third kappa shape index (κ3) is 3.53. The number of aliphatic hydroxyl groups is 2. The average Bonchev–Trinajstić information content (AvgIpc) is 2.16. The molecule has 0 spiro atoms. The van der Waals surface area contributed by atoms with Crippen molar-refractivity contribution in [2.45, 2.75) is 32.0 Å². The fourth-order valence-electron chi connectivity index (χ4n) is 1.65. The summed E-state index contributed by atoms with van der Waals surface area (Å²) in [5.41, 5.74) is 0. The lowest BCUT2D eigenvalue weighted by Crippen LogP contribution is -2.29. The van der Waals surface area contributed by atoms with Crippen molar-refractivity contribution in [1.29, 1.82) is 0 Å². The summed E-state index contributed by atoms with van der Waals surface area (Å²) in [5.74, 6) is -1.05. The smallest absolute Gasteiger partial charge is 0.370 e. The van der Waals surface area contributed by atoms with E-state index < -0.39 is 12.1 Å². The van der Waals surface area contributed by atoms with E-state index in [2.05, 4.69) is 0 Å². The van der Waals surface area contributed by atoms with Crippen molar-refractivity contribution < 1.29 is 24.9 Å². The van der Waals surface area contributed by atoms with Crippen LogP contribution in [0, 0.1) is 5.92 Å². The Bertz CT molecular complexity index is 261. The molecule has 3 atom stereocenters. The van der Waals surface area contributed by atoms with Gasteiger partial charge in [0, 0.05) is 6.42 Å². The van der Waals surface area contributed by atoms with Crippen LogP contribution in [0.2, 0.25) is 0 Å². The molecule has 0 saturated carbocycles. The average molecular weight is 216 g/mol. The van der Waals surface area contributed by atoms with Crippen LogP contribution in [-0.2, 0) is 9.53 Å². The maximum Gasteiger partial charge on any atom is 0.370 e. The number of carboxylic acids is 1. The molecular formula is C10H16O5. The Balaban J connectivity index is 2.58. The Morgan fingerprint density at radius 3 is 2.93 bits per heavy atom. The minimum Gasteiger partial charge on any atom is -0.483 e. The molecule has 15 heavy (non-hydrogen) atoms. The number of carboxylic acid groups (broad SMARTS) is 1. The highest BCUT2D eigenvalue weighted by atomic mass is 16.5. The fourth-order valence-corrected chi connectivity index (χ4v) is 1.65. The highest BCUT2D eigenvalue weighted by molar-refractivity contribution is 5.84. The minimum absolute atomic E-state index is 0.0658. The summed E-state index contributed by atoms with van der Waals surface area (Å²) >= 11 is 0. The SMILES string of the molecule is CC1C=C(C(=O)O)OC(CC(O)CO)C1. The summed E-state index contributed by atoms with van der Waals surface area (Å²) in [6.07, 6.45) is 1.29. The third-order valence-electron chi connectivity index (χ3n) is 2.32. The Morgan fingerprint density at radius 2 is 2.40 bits per heavy atom. The van der Waals surface area contributed by atoms with E-state index in [4.69, 9.17) is 14.9 Å². The molecule has 0 radical (unpaired) electrons. The molecule has 3 N–H and O–H groups in total. The molecule has 86 valence electrons. The molecule has 3 unspecified atom stereocenters. The zero-order valence-electron chi connectivity index (χ0n) is 8.59. The molecule has 1 aliphatic rings. The molecule has 1 heterocycles. The second-order valence-corrected chi connectivity index (χ2v) is 3.86. The zero-order valence-corrected chi connectivity index (χ0v) is 8.59. The molecule has 0 saturated heterocycles. The van der Waals surface area contributed by atoms with Crippen LogP contribution in [-0.4, -0.2) is 40.1 Å². The Hall–Kier alpha value is -1.07. The molecule has 0 aromatic rings. The van der Waals surface area contributed by atoms with E-state index in [1.54, 1.807) is 6.08 Å². The summed E-state index contributed by atoms with van der Waals surface area (Å²) in [7, 11) is 0. The second-order valence-electron chi connectivity index (χ2n) is 3.86. The second kappa shape index (κ2) is 5.14. The normalized spacial score (nSPS) is 27.8. The predicted molar refractivity (Wildman–Crippen MR) is 52.1 cm³/mol. The van der Waals surface area contributed by atoms with Crippen molar-refractivity contribution in [2.75, 3.05) is 6.61 Å². The Morgan fingerprint density at radius 1 is 1.73 bits per heavy atom. The van der Waals surface area contributed by atoms with Crippen LogP contribution in [0.25, 0.3) is 0 Å². The number of hydrogen-bond acceptors (Lipinski definition) is 4. The van der Waals surface area contributed by atoms with Gasteiger partial charge in [-0.1, -0.05) is 6.92 Å². The number of hydrogen-bond donors (Lipinski definition) is 3. The lowest BCUT2D eigenvalue weighted by molar-refractivity contribution is -0.139. The van der Waals surface area contributed by atoms with Gasteiger partial charge in [0.2, 0.25) is 5.76 Å². The molecule has 0 aliphatic carbocycles. The van der Waals surface area contributed by atoms with Crippen molar-refractivity contribution in [2.24, 2.45) is 5.92 Å². The summed E-state index contributed by atoms with van der Waals surface area (Å²) in [6.45, 7) is 1.56. The van der Waals surface area contributed by atoms with E-state index >= 15 is 0 Å². The fraction of sp³-hybridized carbons (Fsp3) is 0.700. The lowest BCUT2D eigenvalue weighted by Gasteiger charge is -2.27. The van der Waals surface area contributed by atoms with E-state index in [1.807, 2.05) is 6.92 Å². The van der Waals surface area contributed by atoms with Gasteiger partial charge in [0.25, 0.3) is 0 Å². The summed E-state index contributed by atoms with van der Waals surface area (Å²) in [5, 5.41) is 26.7. The minimum atomic E-state index is -1.09. The first-order valence-electron chi connectivity index (χ1n) is 4.93. The van der Waals surface area contributed by atoms with Crippen LogP contribution in [0.1, 0.15) is 19.8 Å². The number of carbonyl (C=O) groups is 1. The van der Waals surface area contributed by atoms with Gasteiger partial charge >= 0.3 is 5.97 Å². The maximum absolute atomic E-state index is 10.7. The first kappa shape index (κ1) is 12.0. The van der Waals surface area contributed by atoms with Gasteiger partial charge in [0.05, 0.1) is 12.7 Å². The zero-order chi connectivity index (χ0) is 11.4. The standard InChI is InChI=1S/C10H16O5/c1-6-2-8(4-7(12)5-11)15-9(3-6)10(13)14/h3,6-8,11-12H,2,4-5H2,1H3,(H,13,14). The maximum atomic E-state index is 10.7. The predicted octanol–water partition coefficient (Wildman–Crippen LogP) is 0.123. The Kier molecular flexibility index (Phi) is 4.11. The topological polar surface area (TPSA) is 87.0 Å². The molecule has 0 bridgehead atoms. The van der Waals surface area contributed by atoms with Crippen LogP contribution in [0.15, 0.2) is 11.8 Å². The summed E-state index contributed by atoms with van der Waals surface area (Å²) in [6, 6.07) is 0. The van der Waals surface area contributed by atoms with Crippen molar-refractivity contribution >= 4 is 5.97 Å². The number of rotatable bonds is 4. The van der Waals surface area contributed by atoms with Crippen LogP contribution in [0.3, 0.4) is 0 Å². The van der Waals surface area contributed by atoms with Gasteiger partial charge in [0.1, 0.15) is 6.10 Å². The number of ether oxygens (including phenoxy) is 1. The van der Waals surface area contributed by atoms with Crippen molar-refractivity contribution in [3.05, 3.63) is 11.8 Å². The first-order chi connectivity index (χ1) is 7.02. The van der Waals surface area contributed by atoms with Gasteiger partial charge in [-0.15, -0.1) is 0 Å². The number of aliphatic hydroxyl groups excluding tert-OH is 2. The molecule has 5 heteroatoms. The monoisotopic (exact) mass is 216 g/mol. The van der Waals surface area contributed by atoms with Crippen molar-refractivity contribution in [3.63, 3.8) is 0 Å². The van der Waals surface area contributed by atoms with E-state index in [-0.39, 0.29) is 30.8 Å². The van der Waals surface area contributed by atoms with Crippen LogP contribution in [0.5, 0.6) is 0 Å².